The third-order valence-electron chi connectivity index (χ3n) is 3.21. The minimum Gasteiger partial charge on any atom is -0.365 e. The Kier molecular flexibility index (Phi) is 3.93. The van der Waals surface area contributed by atoms with E-state index in [1.165, 1.54) is 0 Å². The van der Waals surface area contributed by atoms with Gasteiger partial charge in [-0.25, -0.2) is 9.50 Å². The second kappa shape index (κ2) is 5.88. The van der Waals surface area contributed by atoms with Crippen molar-refractivity contribution in [2.75, 3.05) is 5.32 Å². The first-order valence-electron chi connectivity index (χ1n) is 6.58. The van der Waals surface area contributed by atoms with E-state index in [2.05, 4.69) is 21.3 Å². The molecule has 0 aliphatic carbocycles. The summed E-state index contributed by atoms with van der Waals surface area (Å²) in [5.41, 5.74) is 3.34. The van der Waals surface area contributed by atoms with Gasteiger partial charge in [-0.3, -0.25) is 0 Å². The third kappa shape index (κ3) is 2.87. The molecule has 6 heteroatoms. The van der Waals surface area contributed by atoms with Crippen LogP contribution in [0.3, 0.4) is 0 Å². The van der Waals surface area contributed by atoms with Crippen LogP contribution in [0.1, 0.15) is 16.8 Å². The molecule has 1 N–H and O–H groups in total. The van der Waals surface area contributed by atoms with Gasteiger partial charge in [0.2, 0.25) is 0 Å². The highest BCUT2D eigenvalue weighted by atomic mass is 35.5. The fraction of sp³-hybridized carbons (Fsp3) is 0.125. The maximum absolute atomic E-state index is 6.01. The van der Waals surface area contributed by atoms with Crippen molar-refractivity contribution >= 4 is 34.7 Å². The van der Waals surface area contributed by atoms with E-state index in [1.807, 2.05) is 25.1 Å². The van der Waals surface area contributed by atoms with Crippen LogP contribution in [0.25, 0.3) is 5.65 Å². The molecule has 0 fully saturated rings. The lowest BCUT2D eigenvalue weighted by molar-refractivity contribution is 0.917. The van der Waals surface area contributed by atoms with Crippen molar-refractivity contribution in [3.05, 3.63) is 57.3 Å². The SMILES string of the molecule is C#Cc1cn2nc(NCc3ccc(Cl)c(Cl)c3)cc(C)c2n1. The standard InChI is InChI=1S/C16H12Cl2N4/c1-3-12-9-22-16(20-12)10(2)6-15(21-22)19-8-11-4-5-13(17)14(18)7-11/h1,4-7,9H,8H2,2H3,(H,19,21). The van der Waals surface area contributed by atoms with Crippen molar-refractivity contribution in [3.8, 4) is 12.3 Å². The van der Waals surface area contributed by atoms with Gasteiger partial charge in [-0.15, -0.1) is 11.5 Å². The van der Waals surface area contributed by atoms with Crippen molar-refractivity contribution in [1.29, 1.82) is 0 Å². The zero-order valence-corrected chi connectivity index (χ0v) is 13.3. The molecule has 0 radical (unpaired) electrons. The number of benzene rings is 1. The third-order valence-corrected chi connectivity index (χ3v) is 3.95. The molecule has 0 spiro atoms. The summed E-state index contributed by atoms with van der Waals surface area (Å²) in [4.78, 5) is 4.32. The van der Waals surface area contributed by atoms with E-state index in [9.17, 15) is 0 Å². The predicted octanol–water partition coefficient (Wildman–Crippen LogP) is 3.94. The molecule has 1 aromatic carbocycles. The Hall–Kier alpha value is -2.22. The van der Waals surface area contributed by atoms with Crippen molar-refractivity contribution in [2.24, 2.45) is 0 Å². The second-order valence-corrected chi connectivity index (χ2v) is 5.67. The van der Waals surface area contributed by atoms with Crippen LogP contribution in [0.5, 0.6) is 0 Å². The highest BCUT2D eigenvalue weighted by molar-refractivity contribution is 6.42. The smallest absolute Gasteiger partial charge is 0.158 e. The topological polar surface area (TPSA) is 42.2 Å². The summed E-state index contributed by atoms with van der Waals surface area (Å²) in [7, 11) is 0. The highest BCUT2D eigenvalue weighted by Gasteiger charge is 2.07. The molecule has 4 nitrogen and oxygen atoms in total. The number of rotatable bonds is 3. The quantitative estimate of drug-likeness (QED) is 0.739. The Morgan fingerprint density at radius 2 is 2.09 bits per heavy atom. The molecule has 0 saturated heterocycles. The number of aryl methyl sites for hydroxylation is 1. The predicted molar refractivity (Wildman–Crippen MR) is 89.4 cm³/mol. The van der Waals surface area contributed by atoms with Gasteiger partial charge in [-0.1, -0.05) is 29.3 Å². The molecule has 3 aromatic rings. The van der Waals surface area contributed by atoms with Crippen molar-refractivity contribution < 1.29 is 0 Å². The molecule has 3 rings (SSSR count). The Labute approximate surface area is 138 Å². The average molecular weight is 331 g/mol. The summed E-state index contributed by atoms with van der Waals surface area (Å²) in [6, 6.07) is 7.45. The van der Waals surface area contributed by atoms with E-state index in [1.54, 1.807) is 16.8 Å². The van der Waals surface area contributed by atoms with Crippen LogP contribution in [-0.4, -0.2) is 14.6 Å². The number of hydrogen-bond acceptors (Lipinski definition) is 3. The minimum atomic E-state index is 0.536. The molecule has 0 saturated carbocycles. The second-order valence-electron chi connectivity index (χ2n) is 4.85. The van der Waals surface area contributed by atoms with Crippen LogP contribution >= 0.6 is 23.2 Å². The number of anilines is 1. The number of halogens is 2. The number of terminal acetylenes is 1. The van der Waals surface area contributed by atoms with E-state index in [4.69, 9.17) is 29.6 Å². The van der Waals surface area contributed by atoms with Gasteiger partial charge in [0.25, 0.3) is 0 Å². The molecular formula is C16H12Cl2N4. The Morgan fingerprint density at radius 3 is 2.82 bits per heavy atom. The van der Waals surface area contributed by atoms with Crippen LogP contribution in [0.4, 0.5) is 5.82 Å². The maximum atomic E-state index is 6.01. The fourth-order valence-electron chi connectivity index (χ4n) is 2.13. The Morgan fingerprint density at radius 1 is 1.27 bits per heavy atom. The van der Waals surface area contributed by atoms with Gasteiger partial charge in [-0.2, -0.15) is 0 Å². The number of aromatic nitrogens is 3. The zero-order valence-electron chi connectivity index (χ0n) is 11.8. The lowest BCUT2D eigenvalue weighted by Gasteiger charge is -2.08. The van der Waals surface area contributed by atoms with Crippen LogP contribution in [-0.2, 0) is 6.54 Å². The summed E-state index contributed by atoms with van der Waals surface area (Å²) < 4.78 is 1.68. The first kappa shape index (κ1) is 14.7. The first-order valence-corrected chi connectivity index (χ1v) is 7.34. The lowest BCUT2D eigenvalue weighted by atomic mass is 10.2. The number of nitrogens with zero attached hydrogens (tertiary/aromatic N) is 3. The normalized spacial score (nSPS) is 10.6. The molecule has 2 aromatic heterocycles. The number of nitrogens with one attached hydrogen (secondary N) is 1. The van der Waals surface area contributed by atoms with Crippen molar-refractivity contribution in [3.63, 3.8) is 0 Å². The van der Waals surface area contributed by atoms with Gasteiger partial charge in [0, 0.05) is 6.54 Å². The zero-order chi connectivity index (χ0) is 15.7. The molecule has 0 atom stereocenters. The van der Waals surface area contributed by atoms with E-state index in [-0.39, 0.29) is 0 Å². The van der Waals surface area contributed by atoms with E-state index in [0.717, 1.165) is 22.6 Å². The molecule has 0 aliphatic rings. The number of fused-ring (bicyclic) bond motifs is 1. The minimum absolute atomic E-state index is 0.536. The van der Waals surface area contributed by atoms with Gasteiger partial charge in [0.05, 0.1) is 16.2 Å². The first-order chi connectivity index (χ1) is 10.6. The van der Waals surface area contributed by atoms with Crippen LogP contribution < -0.4 is 5.32 Å². The summed E-state index contributed by atoms with van der Waals surface area (Å²) in [5.74, 6) is 3.25. The molecule has 0 unspecified atom stereocenters. The summed E-state index contributed by atoms with van der Waals surface area (Å²) >= 11 is 11.9. The Bertz CT molecular complexity index is 893. The van der Waals surface area contributed by atoms with Crippen LogP contribution in [0.2, 0.25) is 10.0 Å². The van der Waals surface area contributed by atoms with E-state index < -0.39 is 0 Å². The molecule has 110 valence electrons. The maximum Gasteiger partial charge on any atom is 0.158 e. The number of imidazole rings is 1. The van der Waals surface area contributed by atoms with Crippen LogP contribution in [0.15, 0.2) is 30.5 Å². The van der Waals surface area contributed by atoms with E-state index in [0.29, 0.717) is 22.3 Å². The highest BCUT2D eigenvalue weighted by Crippen LogP contribution is 2.23. The van der Waals surface area contributed by atoms with Gasteiger partial charge in [-0.05, 0) is 42.2 Å². The molecule has 0 bridgehead atoms. The van der Waals surface area contributed by atoms with Gasteiger partial charge in [0.15, 0.2) is 5.65 Å². The van der Waals surface area contributed by atoms with E-state index >= 15 is 0 Å². The monoisotopic (exact) mass is 330 g/mol. The number of hydrogen-bond donors (Lipinski definition) is 1. The summed E-state index contributed by atoms with van der Waals surface area (Å²) in [6.45, 7) is 2.56. The molecule has 0 amide bonds. The van der Waals surface area contributed by atoms with Crippen LogP contribution in [0, 0.1) is 19.3 Å². The van der Waals surface area contributed by atoms with Crippen molar-refractivity contribution in [1.82, 2.24) is 14.6 Å². The molecule has 22 heavy (non-hydrogen) atoms. The lowest BCUT2D eigenvalue weighted by Crippen LogP contribution is -2.05. The fourth-order valence-corrected chi connectivity index (χ4v) is 2.45. The largest absolute Gasteiger partial charge is 0.365 e. The summed E-state index contributed by atoms with van der Waals surface area (Å²) in [5, 5.41) is 8.78. The van der Waals surface area contributed by atoms with Gasteiger partial charge in [0.1, 0.15) is 11.5 Å². The van der Waals surface area contributed by atoms with Gasteiger partial charge < -0.3 is 5.32 Å². The summed E-state index contributed by atoms with van der Waals surface area (Å²) in [6.07, 6.45) is 7.10. The molecule has 2 heterocycles. The Balaban J connectivity index is 1.84. The average Bonchev–Trinajstić information content (AvgIpc) is 2.92. The molecule has 0 aliphatic heterocycles. The van der Waals surface area contributed by atoms with Gasteiger partial charge >= 0.3 is 0 Å². The molecular weight excluding hydrogens is 319 g/mol. The van der Waals surface area contributed by atoms with Crippen molar-refractivity contribution in [2.45, 2.75) is 13.5 Å².